The van der Waals surface area contributed by atoms with Crippen LogP contribution in [0.2, 0.25) is 0 Å². The van der Waals surface area contributed by atoms with Crippen molar-refractivity contribution in [3.8, 4) is 0 Å². The van der Waals surface area contributed by atoms with E-state index in [0.717, 1.165) is 23.2 Å². The summed E-state index contributed by atoms with van der Waals surface area (Å²) in [7, 11) is 0. The number of hydrogen-bond acceptors (Lipinski definition) is 2. The van der Waals surface area contributed by atoms with Crippen LogP contribution in [0, 0.1) is 0 Å². The number of hydrogen-bond donors (Lipinski definition) is 2. The van der Waals surface area contributed by atoms with E-state index in [4.69, 9.17) is 5.11 Å². The molecule has 0 saturated heterocycles. The van der Waals surface area contributed by atoms with Gasteiger partial charge in [-0.15, -0.1) is 0 Å². The average Bonchev–Trinajstić information content (AvgIpc) is 2.55. The highest BCUT2D eigenvalue weighted by molar-refractivity contribution is 5.92. The van der Waals surface area contributed by atoms with Crippen LogP contribution < -0.4 is 5.32 Å². The normalized spacial score (nSPS) is 10.5. The molecule has 0 aliphatic carbocycles. The molecule has 0 unspecified atom stereocenters. The van der Waals surface area contributed by atoms with Crippen LogP contribution in [-0.2, 0) is 24.2 Å². The van der Waals surface area contributed by atoms with Crippen LogP contribution in [0.25, 0.3) is 0 Å². The van der Waals surface area contributed by atoms with Gasteiger partial charge in [-0.1, -0.05) is 49.7 Å². The Morgan fingerprint density at radius 1 is 0.955 bits per heavy atom. The minimum Gasteiger partial charge on any atom is -0.392 e. The number of aryl methyl sites for hydroxylation is 1. The first-order chi connectivity index (χ1) is 10.7. The molecule has 0 spiro atoms. The van der Waals surface area contributed by atoms with E-state index in [1.54, 1.807) is 0 Å². The van der Waals surface area contributed by atoms with Gasteiger partial charge in [0.15, 0.2) is 0 Å². The quantitative estimate of drug-likeness (QED) is 0.818. The molecule has 0 atom stereocenters. The van der Waals surface area contributed by atoms with E-state index in [-0.39, 0.29) is 12.5 Å². The van der Waals surface area contributed by atoms with Crippen molar-refractivity contribution < 1.29 is 9.90 Å². The molecule has 0 radical (unpaired) electrons. The minimum atomic E-state index is -0.0296. The van der Waals surface area contributed by atoms with Gasteiger partial charge in [0.1, 0.15) is 0 Å². The second-order valence-electron chi connectivity index (χ2n) is 5.50. The lowest BCUT2D eigenvalue weighted by Gasteiger charge is -2.07. The summed E-state index contributed by atoms with van der Waals surface area (Å²) in [5, 5.41) is 11.9. The van der Waals surface area contributed by atoms with Gasteiger partial charge < -0.3 is 10.4 Å². The fourth-order valence-electron chi connectivity index (χ4n) is 2.29. The molecule has 2 aromatic rings. The number of aliphatic hydroxyl groups is 1. The Labute approximate surface area is 132 Å². The Balaban J connectivity index is 1.88. The molecule has 0 fully saturated rings. The van der Waals surface area contributed by atoms with Gasteiger partial charge in [-0.3, -0.25) is 4.79 Å². The van der Waals surface area contributed by atoms with Gasteiger partial charge >= 0.3 is 0 Å². The molecular weight excluding hydrogens is 274 g/mol. The Hall–Kier alpha value is -2.13. The Morgan fingerprint density at radius 2 is 1.55 bits per heavy atom. The molecule has 2 N–H and O–H groups in total. The maximum atomic E-state index is 12.0. The fourth-order valence-corrected chi connectivity index (χ4v) is 2.29. The molecule has 0 aliphatic heterocycles. The van der Waals surface area contributed by atoms with Crippen molar-refractivity contribution in [2.45, 2.75) is 39.2 Å². The lowest BCUT2D eigenvalue weighted by Crippen LogP contribution is -2.14. The summed E-state index contributed by atoms with van der Waals surface area (Å²) in [4.78, 5) is 12.0. The topological polar surface area (TPSA) is 49.3 Å². The molecule has 2 aromatic carbocycles. The van der Waals surface area contributed by atoms with Crippen molar-refractivity contribution in [1.29, 1.82) is 0 Å². The van der Waals surface area contributed by atoms with Gasteiger partial charge in [-0.2, -0.15) is 0 Å². The van der Waals surface area contributed by atoms with Crippen LogP contribution in [0.4, 0.5) is 5.69 Å². The van der Waals surface area contributed by atoms with Crippen molar-refractivity contribution in [2.24, 2.45) is 0 Å². The number of rotatable bonds is 7. The van der Waals surface area contributed by atoms with Gasteiger partial charge in [-0.25, -0.2) is 0 Å². The van der Waals surface area contributed by atoms with Crippen LogP contribution in [0.3, 0.4) is 0 Å². The van der Waals surface area contributed by atoms with Crippen molar-refractivity contribution in [3.05, 3.63) is 65.2 Å². The summed E-state index contributed by atoms with van der Waals surface area (Å²) in [6.07, 6.45) is 3.80. The zero-order valence-corrected chi connectivity index (χ0v) is 13.0. The molecule has 0 aliphatic rings. The Morgan fingerprint density at radius 3 is 2.14 bits per heavy atom. The van der Waals surface area contributed by atoms with E-state index >= 15 is 0 Å². The van der Waals surface area contributed by atoms with Crippen molar-refractivity contribution in [3.63, 3.8) is 0 Å². The van der Waals surface area contributed by atoms with E-state index in [9.17, 15) is 4.79 Å². The molecule has 22 heavy (non-hydrogen) atoms. The molecule has 0 heterocycles. The van der Waals surface area contributed by atoms with E-state index in [1.165, 1.54) is 18.4 Å². The number of nitrogens with one attached hydrogen (secondary N) is 1. The summed E-state index contributed by atoms with van der Waals surface area (Å²) >= 11 is 0. The summed E-state index contributed by atoms with van der Waals surface area (Å²) in [6, 6.07) is 15.5. The van der Waals surface area contributed by atoms with Crippen molar-refractivity contribution >= 4 is 11.6 Å². The second-order valence-corrected chi connectivity index (χ2v) is 5.50. The smallest absolute Gasteiger partial charge is 0.228 e. The first-order valence-electron chi connectivity index (χ1n) is 7.78. The summed E-state index contributed by atoms with van der Waals surface area (Å²) in [5.74, 6) is -0.0296. The lowest BCUT2D eigenvalue weighted by molar-refractivity contribution is -0.115. The first-order valence-corrected chi connectivity index (χ1v) is 7.78. The predicted octanol–water partition coefficient (Wildman–Crippen LogP) is 3.70. The minimum absolute atomic E-state index is 0.0247. The monoisotopic (exact) mass is 297 g/mol. The molecule has 1 amide bonds. The molecule has 3 nitrogen and oxygen atoms in total. The van der Waals surface area contributed by atoms with Crippen LogP contribution >= 0.6 is 0 Å². The van der Waals surface area contributed by atoms with Gasteiger partial charge in [-0.05, 0) is 41.7 Å². The average molecular weight is 297 g/mol. The third kappa shape index (κ3) is 5.01. The highest BCUT2D eigenvalue weighted by Gasteiger charge is 2.04. The standard InChI is InChI=1S/C19H23NO2/c1-2-3-4-15-9-11-18(12-10-15)20-19(22)13-16-5-7-17(14-21)8-6-16/h5-12,21H,2-4,13-14H2,1H3,(H,20,22). The Bertz CT molecular complexity index is 588. The Kier molecular flexibility index (Phi) is 6.16. The maximum absolute atomic E-state index is 12.0. The number of amides is 1. The zero-order chi connectivity index (χ0) is 15.8. The van der Waals surface area contributed by atoms with E-state index in [0.29, 0.717) is 6.42 Å². The number of carbonyl (C=O) groups is 1. The summed E-state index contributed by atoms with van der Waals surface area (Å²) < 4.78 is 0. The molecule has 0 saturated carbocycles. The highest BCUT2D eigenvalue weighted by Crippen LogP contribution is 2.13. The zero-order valence-electron chi connectivity index (χ0n) is 13.0. The van der Waals surface area contributed by atoms with E-state index in [2.05, 4.69) is 24.4 Å². The van der Waals surface area contributed by atoms with Crippen LogP contribution in [0.5, 0.6) is 0 Å². The van der Waals surface area contributed by atoms with Crippen LogP contribution in [-0.4, -0.2) is 11.0 Å². The number of aliphatic hydroxyl groups excluding tert-OH is 1. The van der Waals surface area contributed by atoms with Gasteiger partial charge in [0.2, 0.25) is 5.91 Å². The number of carbonyl (C=O) groups excluding carboxylic acids is 1. The fraction of sp³-hybridized carbons (Fsp3) is 0.316. The largest absolute Gasteiger partial charge is 0.392 e. The van der Waals surface area contributed by atoms with Crippen LogP contribution in [0.1, 0.15) is 36.5 Å². The van der Waals surface area contributed by atoms with Gasteiger partial charge in [0.25, 0.3) is 0 Å². The molecule has 116 valence electrons. The summed E-state index contributed by atoms with van der Waals surface area (Å²) in [5.41, 5.74) is 3.93. The molecule has 0 aromatic heterocycles. The second kappa shape index (κ2) is 8.35. The lowest BCUT2D eigenvalue weighted by atomic mass is 10.1. The number of benzene rings is 2. The molecule has 0 bridgehead atoms. The van der Waals surface area contributed by atoms with E-state index < -0.39 is 0 Å². The van der Waals surface area contributed by atoms with Crippen molar-refractivity contribution in [2.75, 3.05) is 5.32 Å². The molecular formula is C19H23NO2. The SMILES string of the molecule is CCCCc1ccc(NC(=O)Cc2ccc(CO)cc2)cc1. The highest BCUT2D eigenvalue weighted by atomic mass is 16.3. The predicted molar refractivity (Wildman–Crippen MR) is 89.8 cm³/mol. The number of unbranched alkanes of at least 4 members (excludes halogenated alkanes) is 1. The third-order valence-electron chi connectivity index (χ3n) is 3.63. The van der Waals surface area contributed by atoms with E-state index in [1.807, 2.05) is 36.4 Å². The molecule has 3 heteroatoms. The summed E-state index contributed by atoms with van der Waals surface area (Å²) in [6.45, 7) is 2.21. The van der Waals surface area contributed by atoms with Gasteiger partial charge in [0.05, 0.1) is 13.0 Å². The third-order valence-corrected chi connectivity index (χ3v) is 3.63. The number of anilines is 1. The maximum Gasteiger partial charge on any atom is 0.228 e. The van der Waals surface area contributed by atoms with Crippen LogP contribution in [0.15, 0.2) is 48.5 Å². The van der Waals surface area contributed by atoms with Crippen molar-refractivity contribution in [1.82, 2.24) is 0 Å². The molecule has 2 rings (SSSR count). The first kappa shape index (κ1) is 16.2. The van der Waals surface area contributed by atoms with Gasteiger partial charge in [0, 0.05) is 5.69 Å².